The first-order valence-corrected chi connectivity index (χ1v) is 5.58. The molecule has 0 aliphatic carbocycles. The van der Waals surface area contributed by atoms with Crippen molar-refractivity contribution >= 4 is 18.4 Å². The SMILES string of the molecule is Fc1ccc(C=NNn2c(C(F)(F)F)n[nH]c2=S)cc1. The van der Waals surface area contributed by atoms with Crippen LogP contribution in [0.25, 0.3) is 0 Å². The fourth-order valence-electron chi connectivity index (χ4n) is 1.29. The van der Waals surface area contributed by atoms with Crippen molar-refractivity contribution in [3.05, 3.63) is 46.2 Å². The summed E-state index contributed by atoms with van der Waals surface area (Å²) in [7, 11) is 0. The van der Waals surface area contributed by atoms with E-state index in [-0.39, 0.29) is 4.77 Å². The molecule has 20 heavy (non-hydrogen) atoms. The Bertz CT molecular complexity index is 670. The maximum Gasteiger partial charge on any atom is 0.453 e. The number of rotatable bonds is 3. The third kappa shape index (κ3) is 3.20. The fourth-order valence-corrected chi connectivity index (χ4v) is 1.46. The second-order valence-electron chi connectivity index (χ2n) is 3.60. The van der Waals surface area contributed by atoms with E-state index >= 15 is 0 Å². The summed E-state index contributed by atoms with van der Waals surface area (Å²) in [4.78, 5) is 0. The van der Waals surface area contributed by atoms with Crippen molar-refractivity contribution < 1.29 is 17.6 Å². The standard InChI is InChI=1S/C10H7F4N5S/c11-7-3-1-6(2-4-7)5-15-18-19-8(10(12,13)14)16-17-9(19)20/h1-5,18H,(H,17,20). The molecule has 0 saturated carbocycles. The summed E-state index contributed by atoms with van der Waals surface area (Å²) < 4.78 is 50.6. The average Bonchev–Trinajstić information content (AvgIpc) is 2.73. The van der Waals surface area contributed by atoms with E-state index < -0.39 is 17.8 Å². The molecule has 5 nitrogen and oxygen atoms in total. The molecule has 0 amide bonds. The summed E-state index contributed by atoms with van der Waals surface area (Å²) in [6.45, 7) is 0. The molecule has 0 fully saturated rings. The number of halogens is 4. The highest BCUT2D eigenvalue weighted by Gasteiger charge is 2.37. The molecule has 0 unspecified atom stereocenters. The quantitative estimate of drug-likeness (QED) is 0.397. The smallest absolute Gasteiger partial charge is 0.250 e. The number of hydrogen-bond acceptors (Lipinski definition) is 4. The van der Waals surface area contributed by atoms with Gasteiger partial charge >= 0.3 is 6.18 Å². The highest BCUT2D eigenvalue weighted by Crippen LogP contribution is 2.26. The molecule has 0 radical (unpaired) electrons. The minimum absolute atomic E-state index is 0.284. The molecule has 1 aromatic heterocycles. The Morgan fingerprint density at radius 2 is 1.95 bits per heavy atom. The predicted molar refractivity (Wildman–Crippen MR) is 65.8 cm³/mol. The second-order valence-corrected chi connectivity index (χ2v) is 3.98. The highest BCUT2D eigenvalue weighted by atomic mass is 32.1. The lowest BCUT2D eigenvalue weighted by atomic mass is 10.2. The zero-order valence-electron chi connectivity index (χ0n) is 9.65. The Labute approximate surface area is 114 Å². The molecule has 10 heteroatoms. The van der Waals surface area contributed by atoms with Crippen molar-refractivity contribution in [3.63, 3.8) is 0 Å². The Balaban J connectivity index is 2.17. The molecule has 0 aliphatic rings. The third-order valence-electron chi connectivity index (χ3n) is 2.17. The molecule has 2 aromatic rings. The number of hydrazone groups is 1. The molecule has 2 N–H and O–H groups in total. The molecular weight excluding hydrogens is 298 g/mol. The van der Waals surface area contributed by atoms with Gasteiger partial charge in [0, 0.05) is 0 Å². The molecule has 0 saturated heterocycles. The summed E-state index contributed by atoms with van der Waals surface area (Å²) in [6, 6.07) is 5.23. The van der Waals surface area contributed by atoms with E-state index in [1.807, 2.05) is 5.10 Å². The summed E-state index contributed by atoms with van der Waals surface area (Å²) in [5, 5.41) is 8.66. The largest absolute Gasteiger partial charge is 0.453 e. The van der Waals surface area contributed by atoms with E-state index in [4.69, 9.17) is 0 Å². The predicted octanol–water partition coefficient (Wildman–Crippen LogP) is 2.68. The van der Waals surface area contributed by atoms with Gasteiger partial charge in [-0.3, -0.25) is 0 Å². The molecule has 0 atom stereocenters. The molecule has 0 spiro atoms. The monoisotopic (exact) mass is 305 g/mol. The van der Waals surface area contributed by atoms with Gasteiger partial charge in [-0.05, 0) is 29.9 Å². The number of alkyl halides is 3. The van der Waals surface area contributed by atoms with E-state index in [9.17, 15) is 17.6 Å². The first kappa shape index (κ1) is 14.2. The Hall–Kier alpha value is -2.23. The lowest BCUT2D eigenvalue weighted by molar-refractivity contribution is -0.146. The Morgan fingerprint density at radius 1 is 1.30 bits per heavy atom. The summed E-state index contributed by atoms with van der Waals surface area (Å²) in [5.41, 5.74) is 2.61. The molecule has 0 bridgehead atoms. The average molecular weight is 305 g/mol. The highest BCUT2D eigenvalue weighted by molar-refractivity contribution is 7.71. The van der Waals surface area contributed by atoms with Crippen LogP contribution >= 0.6 is 12.2 Å². The van der Waals surface area contributed by atoms with Gasteiger partial charge in [0.15, 0.2) is 0 Å². The minimum atomic E-state index is -4.67. The van der Waals surface area contributed by atoms with Gasteiger partial charge in [-0.2, -0.15) is 22.9 Å². The molecule has 1 heterocycles. The third-order valence-corrected chi connectivity index (χ3v) is 2.44. The number of nitrogens with one attached hydrogen (secondary N) is 2. The van der Waals surface area contributed by atoms with Gasteiger partial charge < -0.3 is 0 Å². The first-order valence-electron chi connectivity index (χ1n) is 5.17. The molecule has 1 aromatic carbocycles. The number of nitrogens with zero attached hydrogens (tertiary/aromatic N) is 3. The lowest BCUT2D eigenvalue weighted by Gasteiger charge is -2.07. The van der Waals surface area contributed by atoms with E-state index in [1.54, 1.807) is 0 Å². The molecule has 106 valence electrons. The van der Waals surface area contributed by atoms with E-state index in [0.29, 0.717) is 10.2 Å². The molecule has 2 rings (SSSR count). The van der Waals surface area contributed by atoms with E-state index in [1.165, 1.54) is 30.5 Å². The van der Waals surface area contributed by atoms with Crippen molar-refractivity contribution in [1.82, 2.24) is 14.9 Å². The van der Waals surface area contributed by atoms with E-state index in [0.717, 1.165) is 0 Å². The normalized spacial score (nSPS) is 12.0. The maximum atomic E-state index is 12.7. The van der Waals surface area contributed by atoms with Gasteiger partial charge in [-0.15, -0.1) is 5.10 Å². The summed E-state index contributed by atoms with van der Waals surface area (Å²) >= 11 is 4.65. The van der Waals surface area contributed by atoms with Crippen molar-refractivity contribution in [3.8, 4) is 0 Å². The van der Waals surface area contributed by atoms with Gasteiger partial charge in [0.25, 0.3) is 5.82 Å². The van der Waals surface area contributed by atoms with Gasteiger partial charge in [-0.1, -0.05) is 12.1 Å². The number of aromatic amines is 1. The lowest BCUT2D eigenvalue weighted by Crippen LogP contribution is -2.20. The topological polar surface area (TPSA) is 58.0 Å². The van der Waals surface area contributed by atoms with Crippen molar-refractivity contribution in [2.45, 2.75) is 6.18 Å². The minimum Gasteiger partial charge on any atom is -0.250 e. The van der Waals surface area contributed by atoms with Crippen LogP contribution < -0.4 is 5.53 Å². The zero-order chi connectivity index (χ0) is 14.8. The van der Waals surface area contributed by atoms with Crippen LogP contribution in [0.1, 0.15) is 11.4 Å². The second kappa shape index (κ2) is 5.41. The van der Waals surface area contributed by atoms with Gasteiger partial charge in [0.1, 0.15) is 5.82 Å². The molecule has 0 aliphatic heterocycles. The number of hydrogen-bond donors (Lipinski definition) is 2. The Morgan fingerprint density at radius 3 is 2.55 bits per heavy atom. The molecular formula is C10H7F4N5S. The van der Waals surface area contributed by atoms with Crippen molar-refractivity contribution in [1.29, 1.82) is 0 Å². The van der Waals surface area contributed by atoms with Crippen LogP contribution in [0.5, 0.6) is 0 Å². The first-order chi connectivity index (χ1) is 9.38. The van der Waals surface area contributed by atoms with Gasteiger partial charge in [0.2, 0.25) is 4.77 Å². The van der Waals surface area contributed by atoms with Crippen LogP contribution in [-0.4, -0.2) is 21.1 Å². The number of H-pyrrole nitrogens is 1. The zero-order valence-corrected chi connectivity index (χ0v) is 10.5. The van der Waals surface area contributed by atoms with Crippen molar-refractivity contribution in [2.75, 3.05) is 5.53 Å². The van der Waals surface area contributed by atoms with Crippen LogP contribution in [0.3, 0.4) is 0 Å². The van der Waals surface area contributed by atoms with E-state index in [2.05, 4.69) is 28.0 Å². The maximum absolute atomic E-state index is 12.7. The van der Waals surface area contributed by atoms with Crippen LogP contribution in [0.2, 0.25) is 0 Å². The summed E-state index contributed by atoms with van der Waals surface area (Å²) in [5.74, 6) is -1.68. The van der Waals surface area contributed by atoms with Crippen LogP contribution in [-0.2, 0) is 6.18 Å². The number of benzene rings is 1. The summed E-state index contributed by atoms with van der Waals surface area (Å²) in [6.07, 6.45) is -3.46. The van der Waals surface area contributed by atoms with Crippen molar-refractivity contribution in [2.24, 2.45) is 5.10 Å². The number of aromatic nitrogens is 3. The van der Waals surface area contributed by atoms with Gasteiger partial charge in [0.05, 0.1) is 6.21 Å². The Kier molecular flexibility index (Phi) is 3.84. The van der Waals surface area contributed by atoms with Crippen LogP contribution in [0, 0.1) is 10.6 Å². The van der Waals surface area contributed by atoms with Gasteiger partial charge in [-0.25, -0.2) is 15.0 Å². The fraction of sp³-hybridized carbons (Fsp3) is 0.100. The van der Waals surface area contributed by atoms with Crippen LogP contribution in [0.4, 0.5) is 17.6 Å². The van der Waals surface area contributed by atoms with Crippen LogP contribution in [0.15, 0.2) is 29.4 Å².